The van der Waals surface area contributed by atoms with Crippen LogP contribution in [0.5, 0.6) is 0 Å². The SMILES string of the molecule is Cc1noc(C)c1C(=O)N1CCC2(CCN(C(=O)Cn3cnnn3)C2)CC1. The van der Waals surface area contributed by atoms with Crippen LogP contribution in [-0.2, 0) is 11.3 Å². The van der Waals surface area contributed by atoms with E-state index in [2.05, 4.69) is 20.7 Å². The van der Waals surface area contributed by atoms with Gasteiger partial charge >= 0.3 is 0 Å². The third-order valence-corrected chi connectivity index (χ3v) is 5.84. The second kappa shape index (κ2) is 6.75. The van der Waals surface area contributed by atoms with Crippen LogP contribution in [0.1, 0.15) is 41.1 Å². The number of carbonyl (C=O) groups is 2. The number of tetrazole rings is 1. The van der Waals surface area contributed by atoms with E-state index in [-0.39, 0.29) is 23.8 Å². The Morgan fingerprint density at radius 2 is 1.85 bits per heavy atom. The highest BCUT2D eigenvalue weighted by atomic mass is 16.5. The molecule has 144 valence electrons. The zero-order valence-corrected chi connectivity index (χ0v) is 15.6. The van der Waals surface area contributed by atoms with Crippen molar-refractivity contribution in [2.45, 2.75) is 39.7 Å². The molecule has 2 aromatic rings. The molecule has 0 aromatic carbocycles. The summed E-state index contributed by atoms with van der Waals surface area (Å²) in [5, 5.41) is 14.7. The number of carbonyl (C=O) groups excluding carboxylic acids is 2. The summed E-state index contributed by atoms with van der Waals surface area (Å²) in [6, 6.07) is 0. The molecule has 2 amide bonds. The first kappa shape index (κ1) is 17.6. The van der Waals surface area contributed by atoms with Crippen molar-refractivity contribution in [1.29, 1.82) is 0 Å². The van der Waals surface area contributed by atoms with Gasteiger partial charge in [0.2, 0.25) is 5.91 Å². The predicted molar refractivity (Wildman–Crippen MR) is 92.6 cm³/mol. The largest absolute Gasteiger partial charge is 0.361 e. The topological polar surface area (TPSA) is 110 Å². The van der Waals surface area contributed by atoms with Gasteiger partial charge in [0.1, 0.15) is 24.2 Å². The summed E-state index contributed by atoms with van der Waals surface area (Å²) in [6.45, 7) is 6.60. The normalized spacial score (nSPS) is 19.0. The number of nitrogens with zero attached hydrogens (tertiary/aromatic N) is 7. The zero-order valence-electron chi connectivity index (χ0n) is 15.6. The van der Waals surface area contributed by atoms with Gasteiger partial charge in [0.05, 0.1) is 5.69 Å². The number of likely N-dealkylation sites (tertiary alicyclic amines) is 2. The maximum atomic E-state index is 12.8. The molecular weight excluding hydrogens is 350 g/mol. The number of piperidine rings is 1. The van der Waals surface area contributed by atoms with Crippen molar-refractivity contribution in [1.82, 2.24) is 35.2 Å². The van der Waals surface area contributed by atoms with Gasteiger partial charge in [-0.3, -0.25) is 9.59 Å². The van der Waals surface area contributed by atoms with E-state index in [0.717, 1.165) is 32.4 Å². The lowest BCUT2D eigenvalue weighted by molar-refractivity contribution is -0.131. The maximum Gasteiger partial charge on any atom is 0.259 e. The van der Waals surface area contributed by atoms with Gasteiger partial charge < -0.3 is 14.3 Å². The number of rotatable bonds is 3. The molecule has 2 aliphatic rings. The van der Waals surface area contributed by atoms with E-state index in [1.54, 1.807) is 13.8 Å². The van der Waals surface area contributed by atoms with Crippen molar-refractivity contribution in [2.24, 2.45) is 5.41 Å². The minimum absolute atomic E-state index is 0.00860. The van der Waals surface area contributed by atoms with Gasteiger partial charge in [-0.1, -0.05) is 5.16 Å². The van der Waals surface area contributed by atoms with Crippen LogP contribution in [0.4, 0.5) is 0 Å². The number of aryl methyl sites for hydroxylation is 2. The Kier molecular flexibility index (Phi) is 4.40. The number of hydrogen-bond donors (Lipinski definition) is 0. The summed E-state index contributed by atoms with van der Waals surface area (Å²) < 4.78 is 6.57. The Balaban J connectivity index is 1.35. The minimum Gasteiger partial charge on any atom is -0.361 e. The monoisotopic (exact) mass is 373 g/mol. The average Bonchev–Trinajstić information content (AvgIpc) is 3.37. The maximum absolute atomic E-state index is 12.8. The van der Waals surface area contributed by atoms with Crippen molar-refractivity contribution in [3.05, 3.63) is 23.3 Å². The molecule has 0 unspecified atom stereocenters. The number of hydrogen-bond acceptors (Lipinski definition) is 7. The highest BCUT2D eigenvalue weighted by Gasteiger charge is 2.43. The molecular formula is C17H23N7O3. The molecule has 2 aliphatic heterocycles. The van der Waals surface area contributed by atoms with Crippen LogP contribution in [0, 0.1) is 19.3 Å². The first-order valence-corrected chi connectivity index (χ1v) is 9.18. The van der Waals surface area contributed by atoms with E-state index >= 15 is 0 Å². The number of aromatic nitrogens is 5. The van der Waals surface area contributed by atoms with E-state index in [4.69, 9.17) is 4.52 Å². The van der Waals surface area contributed by atoms with Crippen molar-refractivity contribution < 1.29 is 14.1 Å². The fraction of sp³-hybridized carbons (Fsp3) is 0.647. The summed E-state index contributed by atoms with van der Waals surface area (Å²) in [5.41, 5.74) is 1.32. The molecule has 4 rings (SSSR count). The summed E-state index contributed by atoms with van der Waals surface area (Å²) in [5.74, 6) is 0.595. The van der Waals surface area contributed by atoms with E-state index < -0.39 is 0 Å². The van der Waals surface area contributed by atoms with E-state index in [0.29, 0.717) is 30.1 Å². The Labute approximate surface area is 156 Å². The lowest BCUT2D eigenvalue weighted by atomic mass is 9.77. The molecule has 1 spiro atoms. The third-order valence-electron chi connectivity index (χ3n) is 5.84. The molecule has 10 nitrogen and oxygen atoms in total. The van der Waals surface area contributed by atoms with E-state index in [1.165, 1.54) is 11.0 Å². The van der Waals surface area contributed by atoms with Crippen molar-refractivity contribution in [3.63, 3.8) is 0 Å². The van der Waals surface area contributed by atoms with Crippen LogP contribution >= 0.6 is 0 Å². The Bertz CT molecular complexity index is 817. The molecule has 0 radical (unpaired) electrons. The highest BCUT2D eigenvalue weighted by Crippen LogP contribution is 2.40. The summed E-state index contributed by atoms with van der Waals surface area (Å²) in [4.78, 5) is 29.0. The van der Waals surface area contributed by atoms with Gasteiger partial charge in [-0.25, -0.2) is 4.68 Å². The molecule has 27 heavy (non-hydrogen) atoms. The van der Waals surface area contributed by atoms with Gasteiger partial charge in [0, 0.05) is 26.2 Å². The molecule has 2 aromatic heterocycles. The van der Waals surface area contributed by atoms with Crippen LogP contribution in [0.25, 0.3) is 0 Å². The number of amides is 2. The van der Waals surface area contributed by atoms with Crippen LogP contribution < -0.4 is 0 Å². The molecule has 0 atom stereocenters. The van der Waals surface area contributed by atoms with Gasteiger partial charge in [-0.15, -0.1) is 5.10 Å². The second-order valence-corrected chi connectivity index (χ2v) is 7.56. The smallest absolute Gasteiger partial charge is 0.259 e. The van der Waals surface area contributed by atoms with Crippen LogP contribution in [0.2, 0.25) is 0 Å². The van der Waals surface area contributed by atoms with Crippen molar-refractivity contribution in [3.8, 4) is 0 Å². The average molecular weight is 373 g/mol. The molecule has 4 heterocycles. The van der Waals surface area contributed by atoms with Crippen LogP contribution in [0.3, 0.4) is 0 Å². The molecule has 0 saturated carbocycles. The fourth-order valence-corrected chi connectivity index (χ4v) is 4.18. The minimum atomic E-state index is -0.00860. The summed E-state index contributed by atoms with van der Waals surface area (Å²) in [6.07, 6.45) is 4.22. The lowest BCUT2D eigenvalue weighted by Gasteiger charge is -2.39. The van der Waals surface area contributed by atoms with Crippen LogP contribution in [0.15, 0.2) is 10.9 Å². The summed E-state index contributed by atoms with van der Waals surface area (Å²) in [7, 11) is 0. The van der Waals surface area contributed by atoms with Crippen molar-refractivity contribution in [2.75, 3.05) is 26.2 Å². The van der Waals surface area contributed by atoms with E-state index in [9.17, 15) is 9.59 Å². The predicted octanol–water partition coefficient (Wildman–Crippen LogP) is 0.433. The second-order valence-electron chi connectivity index (χ2n) is 7.56. The van der Waals surface area contributed by atoms with Crippen LogP contribution in [-0.4, -0.2) is 73.2 Å². The Hall–Kier alpha value is -2.78. The Morgan fingerprint density at radius 3 is 2.44 bits per heavy atom. The molecule has 0 aliphatic carbocycles. The fourth-order valence-electron chi connectivity index (χ4n) is 4.18. The molecule has 0 N–H and O–H groups in total. The van der Waals surface area contributed by atoms with E-state index in [1.807, 2.05) is 9.80 Å². The zero-order chi connectivity index (χ0) is 19.0. The van der Waals surface area contributed by atoms with Crippen molar-refractivity contribution >= 4 is 11.8 Å². The highest BCUT2D eigenvalue weighted by molar-refractivity contribution is 5.96. The quantitative estimate of drug-likeness (QED) is 0.767. The molecule has 0 bridgehead atoms. The standard InChI is InChI=1S/C17H23N7O3/c1-12-15(13(2)27-19-12)16(26)22-6-3-17(4-7-22)5-8-23(10-17)14(25)9-24-11-18-20-21-24/h11H,3-10H2,1-2H3. The first-order valence-electron chi connectivity index (χ1n) is 9.18. The lowest BCUT2D eigenvalue weighted by Crippen LogP contribution is -2.45. The molecule has 2 fully saturated rings. The molecule has 10 heteroatoms. The third kappa shape index (κ3) is 3.31. The van der Waals surface area contributed by atoms with Gasteiger partial charge in [-0.2, -0.15) is 0 Å². The molecule has 2 saturated heterocycles. The Morgan fingerprint density at radius 1 is 1.15 bits per heavy atom. The van der Waals surface area contributed by atoms with Gasteiger partial charge in [0.25, 0.3) is 5.91 Å². The summed E-state index contributed by atoms with van der Waals surface area (Å²) >= 11 is 0. The first-order chi connectivity index (χ1) is 13.0. The van der Waals surface area contributed by atoms with Gasteiger partial charge in [-0.05, 0) is 49.0 Å². The van der Waals surface area contributed by atoms with Gasteiger partial charge in [0.15, 0.2) is 0 Å².